The fraction of sp³-hybridized carbons (Fsp3) is 0.182. The molecule has 2 aromatic carbocycles. The van der Waals surface area contributed by atoms with Crippen LogP contribution in [-0.2, 0) is 11.3 Å². The van der Waals surface area contributed by atoms with Gasteiger partial charge in [0.2, 0.25) is 0 Å². The van der Waals surface area contributed by atoms with E-state index in [9.17, 15) is 4.39 Å². The van der Waals surface area contributed by atoms with Gasteiger partial charge in [0, 0.05) is 25.5 Å². The van der Waals surface area contributed by atoms with E-state index in [1.165, 1.54) is 12.4 Å². The number of hydrogen-bond donors (Lipinski definition) is 2. The Hall–Kier alpha value is -3.85. The summed E-state index contributed by atoms with van der Waals surface area (Å²) < 4.78 is 20.5. The van der Waals surface area contributed by atoms with Gasteiger partial charge < -0.3 is 15.0 Å². The van der Waals surface area contributed by atoms with Gasteiger partial charge in [-0.2, -0.15) is 0 Å². The first-order valence-corrected chi connectivity index (χ1v) is 9.64. The molecule has 0 amide bonds. The topological polar surface area (TPSA) is 93.5 Å². The molecule has 5 rings (SSSR count). The highest BCUT2D eigenvalue weighted by molar-refractivity contribution is 5.83. The van der Waals surface area contributed by atoms with Crippen LogP contribution in [0.3, 0.4) is 0 Å². The number of para-hydroxylation sites is 1. The van der Waals surface area contributed by atoms with Gasteiger partial charge in [-0.25, -0.2) is 24.3 Å². The van der Waals surface area contributed by atoms with Crippen molar-refractivity contribution < 1.29 is 9.13 Å². The molecule has 158 valence electrons. The number of aromatic nitrogens is 6. The normalized spacial score (nSPS) is 10.8. The van der Waals surface area contributed by atoms with Crippen LogP contribution in [-0.4, -0.2) is 43.7 Å². The zero-order valence-corrected chi connectivity index (χ0v) is 17.4. The summed E-state index contributed by atoms with van der Waals surface area (Å²) in [6.07, 6.45) is 3.04. The van der Waals surface area contributed by atoms with E-state index in [4.69, 9.17) is 4.98 Å². The molecule has 0 aliphatic carbocycles. The predicted molar refractivity (Wildman–Crippen MR) is 118 cm³/mol. The van der Waals surface area contributed by atoms with E-state index in [-0.39, 0.29) is 5.82 Å². The number of aromatic amines is 1. The number of ether oxygens (including phenoxy) is 1. The molecule has 0 saturated carbocycles. The average Bonchev–Trinajstić information content (AvgIpc) is 3.41. The zero-order chi connectivity index (χ0) is 21.8. The summed E-state index contributed by atoms with van der Waals surface area (Å²) in [5, 5.41) is 3.30. The minimum atomic E-state index is -0.251. The molecule has 0 fully saturated rings. The van der Waals surface area contributed by atoms with Crippen LogP contribution in [0.2, 0.25) is 0 Å². The van der Waals surface area contributed by atoms with Gasteiger partial charge in [-0.15, -0.1) is 0 Å². The summed E-state index contributed by atoms with van der Waals surface area (Å²) in [6, 6.07) is 13.0. The van der Waals surface area contributed by atoms with Gasteiger partial charge in [-0.05, 0) is 31.2 Å². The van der Waals surface area contributed by atoms with E-state index in [1.54, 1.807) is 33.5 Å². The summed E-state index contributed by atoms with van der Waals surface area (Å²) in [5.74, 6) is 1.14. The first-order chi connectivity index (χ1) is 15.1. The van der Waals surface area contributed by atoms with Crippen molar-refractivity contribution in [2.75, 3.05) is 19.5 Å². The highest BCUT2D eigenvalue weighted by Gasteiger charge is 2.17. The molecule has 0 atom stereocenters. The van der Waals surface area contributed by atoms with Crippen LogP contribution in [0.15, 0.2) is 55.1 Å². The third kappa shape index (κ3) is 3.95. The molecule has 0 radical (unpaired) electrons. The average molecular weight is 419 g/mol. The van der Waals surface area contributed by atoms with E-state index in [0.717, 1.165) is 28.1 Å². The van der Waals surface area contributed by atoms with Crippen molar-refractivity contribution in [3.8, 4) is 5.69 Å². The van der Waals surface area contributed by atoms with Crippen LogP contribution in [0.4, 0.5) is 10.2 Å². The molecule has 0 unspecified atom stereocenters. The Balaban J connectivity index is 0.000000730. The second-order valence-electron chi connectivity index (χ2n) is 6.82. The van der Waals surface area contributed by atoms with E-state index >= 15 is 0 Å². The maximum absolute atomic E-state index is 14.3. The molecule has 0 saturated heterocycles. The van der Waals surface area contributed by atoms with Gasteiger partial charge in [-0.3, -0.25) is 4.57 Å². The number of H-pyrrole nitrogens is 1. The molecule has 8 nitrogen and oxygen atoms in total. The van der Waals surface area contributed by atoms with E-state index in [2.05, 4.69) is 30.0 Å². The predicted octanol–water partition coefficient (Wildman–Crippen LogP) is 4.01. The SMILES string of the molecule is COC.Cc1c(F)ccc2nc(CNc3ncnc4nc[nH]c34)n(-c3ccccc3)c12. The molecule has 0 bridgehead atoms. The van der Waals surface area contributed by atoms with Crippen molar-refractivity contribution in [3.05, 3.63) is 72.3 Å². The number of benzene rings is 2. The molecule has 3 aromatic heterocycles. The zero-order valence-electron chi connectivity index (χ0n) is 17.4. The Bertz CT molecular complexity index is 1310. The number of methoxy groups -OCH3 is 1. The highest BCUT2D eigenvalue weighted by atomic mass is 19.1. The van der Waals surface area contributed by atoms with E-state index in [0.29, 0.717) is 23.6 Å². The van der Waals surface area contributed by atoms with Gasteiger partial charge in [0.15, 0.2) is 11.5 Å². The minimum Gasteiger partial charge on any atom is -0.388 e. The molecule has 31 heavy (non-hydrogen) atoms. The smallest absolute Gasteiger partial charge is 0.182 e. The summed E-state index contributed by atoms with van der Waals surface area (Å²) in [4.78, 5) is 20.3. The van der Waals surface area contributed by atoms with Crippen molar-refractivity contribution in [2.24, 2.45) is 0 Å². The maximum atomic E-state index is 14.3. The number of nitrogens with one attached hydrogen (secondary N) is 2. The summed E-state index contributed by atoms with van der Waals surface area (Å²) in [7, 11) is 3.25. The molecular weight excluding hydrogens is 397 g/mol. The fourth-order valence-corrected chi connectivity index (χ4v) is 3.39. The standard InChI is InChI=1S/C20H16FN7.C2H6O/c1-12-14(21)7-8-15-18(12)28(13-5-3-2-4-6-13)16(27-15)9-22-19-17-20(24-10-23-17)26-11-25-19;1-3-2/h2-8,10-11H,9H2,1H3,(H2,22,23,24,25,26);1-2H3. The third-order valence-electron chi connectivity index (χ3n) is 4.73. The first-order valence-electron chi connectivity index (χ1n) is 9.64. The van der Waals surface area contributed by atoms with Crippen LogP contribution in [0, 0.1) is 12.7 Å². The van der Waals surface area contributed by atoms with Crippen LogP contribution >= 0.6 is 0 Å². The van der Waals surface area contributed by atoms with Gasteiger partial charge in [0.25, 0.3) is 0 Å². The van der Waals surface area contributed by atoms with Crippen LogP contribution in [0.5, 0.6) is 0 Å². The van der Waals surface area contributed by atoms with E-state index in [1.807, 2.05) is 34.9 Å². The van der Waals surface area contributed by atoms with Crippen molar-refractivity contribution in [1.82, 2.24) is 29.5 Å². The number of rotatable bonds is 4. The fourth-order valence-electron chi connectivity index (χ4n) is 3.39. The number of nitrogens with zero attached hydrogens (tertiary/aromatic N) is 5. The lowest BCUT2D eigenvalue weighted by Crippen LogP contribution is -2.09. The monoisotopic (exact) mass is 419 g/mol. The Kier molecular flexibility index (Phi) is 5.85. The number of imidazole rings is 2. The second-order valence-corrected chi connectivity index (χ2v) is 6.82. The molecule has 0 spiro atoms. The quantitative estimate of drug-likeness (QED) is 0.457. The van der Waals surface area contributed by atoms with Crippen molar-refractivity contribution >= 4 is 28.0 Å². The first kappa shape index (κ1) is 20.4. The number of aryl methyl sites for hydroxylation is 1. The molecule has 0 aliphatic heterocycles. The molecule has 5 aromatic rings. The maximum Gasteiger partial charge on any atom is 0.182 e. The number of fused-ring (bicyclic) bond motifs is 2. The summed E-state index contributed by atoms with van der Waals surface area (Å²) >= 11 is 0. The Morgan fingerprint density at radius 1 is 1.06 bits per heavy atom. The van der Waals surface area contributed by atoms with Crippen molar-refractivity contribution in [2.45, 2.75) is 13.5 Å². The lowest BCUT2D eigenvalue weighted by molar-refractivity contribution is 0.277. The Morgan fingerprint density at radius 2 is 1.84 bits per heavy atom. The molecule has 9 heteroatoms. The van der Waals surface area contributed by atoms with Crippen LogP contribution in [0.1, 0.15) is 11.4 Å². The molecule has 3 heterocycles. The Morgan fingerprint density at radius 3 is 2.61 bits per heavy atom. The lowest BCUT2D eigenvalue weighted by atomic mass is 10.2. The van der Waals surface area contributed by atoms with Crippen LogP contribution in [0.25, 0.3) is 27.9 Å². The van der Waals surface area contributed by atoms with Gasteiger partial charge in [0.05, 0.1) is 23.9 Å². The summed E-state index contributed by atoms with van der Waals surface area (Å²) in [6.45, 7) is 2.17. The van der Waals surface area contributed by atoms with Gasteiger partial charge in [0.1, 0.15) is 23.5 Å². The lowest BCUT2D eigenvalue weighted by Gasteiger charge is -2.12. The molecule has 2 N–H and O–H groups in total. The summed E-state index contributed by atoms with van der Waals surface area (Å²) in [5.41, 5.74) is 4.31. The third-order valence-corrected chi connectivity index (χ3v) is 4.73. The minimum absolute atomic E-state index is 0.251. The van der Waals surface area contributed by atoms with Gasteiger partial charge >= 0.3 is 0 Å². The van der Waals surface area contributed by atoms with E-state index < -0.39 is 0 Å². The number of hydrogen-bond acceptors (Lipinski definition) is 6. The number of anilines is 1. The largest absolute Gasteiger partial charge is 0.388 e. The number of halogens is 1. The van der Waals surface area contributed by atoms with Crippen molar-refractivity contribution in [1.29, 1.82) is 0 Å². The highest BCUT2D eigenvalue weighted by Crippen LogP contribution is 2.27. The van der Waals surface area contributed by atoms with Crippen LogP contribution < -0.4 is 5.32 Å². The van der Waals surface area contributed by atoms with Crippen molar-refractivity contribution in [3.63, 3.8) is 0 Å². The molecular formula is C22H22FN7O. The molecule has 0 aliphatic rings. The Labute approximate surface area is 178 Å². The van der Waals surface area contributed by atoms with Gasteiger partial charge in [-0.1, -0.05) is 18.2 Å². The second kappa shape index (κ2) is 8.88.